The number of halogens is 1. The van der Waals surface area contributed by atoms with Crippen LogP contribution in [0.2, 0.25) is 0 Å². The van der Waals surface area contributed by atoms with Crippen LogP contribution in [0.15, 0.2) is 24.3 Å². The van der Waals surface area contributed by atoms with Crippen molar-refractivity contribution >= 4 is 0 Å². The van der Waals surface area contributed by atoms with Gasteiger partial charge in [0, 0.05) is 0 Å². The number of rotatable bonds is 3. The fourth-order valence-electron chi connectivity index (χ4n) is 1.64. The molecule has 1 aromatic rings. The van der Waals surface area contributed by atoms with Gasteiger partial charge in [-0.3, -0.25) is 0 Å². The average Bonchev–Trinajstić information content (AvgIpc) is 2.20. The van der Waals surface area contributed by atoms with Crippen LogP contribution < -0.4 is 4.74 Å². The lowest BCUT2D eigenvalue weighted by molar-refractivity contribution is 0.115. The van der Waals surface area contributed by atoms with Gasteiger partial charge in [-0.1, -0.05) is 6.42 Å². The largest absolute Gasteiger partial charge is 0.492 e. The highest BCUT2D eigenvalue weighted by Crippen LogP contribution is 2.40. The van der Waals surface area contributed by atoms with Crippen LogP contribution in [0.4, 0.5) is 4.39 Å². The molecule has 0 spiro atoms. The molecule has 0 radical (unpaired) electrons. The highest BCUT2D eigenvalue weighted by molar-refractivity contribution is 5.22. The molecule has 1 aliphatic rings. The maximum Gasteiger partial charge on any atom is 0.123 e. The summed E-state index contributed by atoms with van der Waals surface area (Å²) in [5, 5.41) is 8.97. The number of benzene rings is 1. The van der Waals surface area contributed by atoms with Crippen molar-refractivity contribution in [2.24, 2.45) is 5.41 Å². The second-order valence-corrected chi connectivity index (χ2v) is 3.99. The van der Waals surface area contributed by atoms with E-state index < -0.39 is 0 Å². The molecule has 1 fully saturated rings. The number of nitrogens with zero attached hydrogens (tertiary/aromatic N) is 1. The molecule has 0 bridgehead atoms. The van der Waals surface area contributed by atoms with E-state index in [1.54, 1.807) is 12.1 Å². The Labute approximate surface area is 88.3 Å². The minimum Gasteiger partial charge on any atom is -0.492 e. The summed E-state index contributed by atoms with van der Waals surface area (Å²) in [5.41, 5.74) is -0.297. The lowest BCUT2D eigenvalue weighted by Gasteiger charge is -2.34. The van der Waals surface area contributed by atoms with E-state index in [1.807, 2.05) is 0 Å². The van der Waals surface area contributed by atoms with Crippen molar-refractivity contribution in [1.82, 2.24) is 0 Å². The van der Waals surface area contributed by atoms with E-state index in [1.165, 1.54) is 12.1 Å². The van der Waals surface area contributed by atoms with E-state index in [0.29, 0.717) is 12.4 Å². The molecule has 0 unspecified atom stereocenters. The zero-order chi connectivity index (χ0) is 10.7. The Hall–Kier alpha value is -1.56. The standard InChI is InChI=1S/C12H12FNO/c13-10-2-4-11(5-3-10)15-9-12(8-14)6-1-7-12/h2-5H,1,6-7,9H2. The van der Waals surface area contributed by atoms with Crippen molar-refractivity contribution in [1.29, 1.82) is 5.26 Å². The number of hydrogen-bond acceptors (Lipinski definition) is 2. The second kappa shape index (κ2) is 3.90. The zero-order valence-electron chi connectivity index (χ0n) is 8.37. The molecule has 0 heterocycles. The summed E-state index contributed by atoms with van der Waals surface area (Å²) in [6, 6.07) is 8.17. The molecular weight excluding hydrogens is 193 g/mol. The maximum atomic E-state index is 12.6. The molecule has 78 valence electrons. The minimum absolute atomic E-state index is 0.277. The van der Waals surface area contributed by atoms with Crippen molar-refractivity contribution in [3.8, 4) is 11.8 Å². The van der Waals surface area contributed by atoms with Gasteiger partial charge >= 0.3 is 0 Å². The first-order chi connectivity index (χ1) is 7.24. The number of nitriles is 1. The molecule has 1 aromatic carbocycles. The van der Waals surface area contributed by atoms with E-state index in [-0.39, 0.29) is 11.2 Å². The second-order valence-electron chi connectivity index (χ2n) is 3.99. The van der Waals surface area contributed by atoms with Crippen molar-refractivity contribution in [3.63, 3.8) is 0 Å². The molecule has 15 heavy (non-hydrogen) atoms. The van der Waals surface area contributed by atoms with Crippen LogP contribution in [-0.2, 0) is 0 Å². The van der Waals surface area contributed by atoms with Gasteiger partial charge in [0.05, 0.1) is 11.5 Å². The summed E-state index contributed by atoms with van der Waals surface area (Å²) in [6.07, 6.45) is 2.91. The molecule has 0 aromatic heterocycles. The molecule has 0 N–H and O–H groups in total. The predicted molar refractivity (Wildman–Crippen MR) is 53.8 cm³/mol. The van der Waals surface area contributed by atoms with E-state index in [2.05, 4.69) is 6.07 Å². The van der Waals surface area contributed by atoms with E-state index in [0.717, 1.165) is 19.3 Å². The van der Waals surface area contributed by atoms with E-state index in [9.17, 15) is 4.39 Å². The summed E-state index contributed by atoms with van der Waals surface area (Å²) < 4.78 is 18.1. The molecule has 0 saturated heterocycles. The van der Waals surface area contributed by atoms with Gasteiger partial charge in [0.1, 0.15) is 18.2 Å². The van der Waals surface area contributed by atoms with Crippen molar-refractivity contribution in [2.75, 3.05) is 6.61 Å². The van der Waals surface area contributed by atoms with Crippen molar-refractivity contribution in [2.45, 2.75) is 19.3 Å². The topological polar surface area (TPSA) is 33.0 Å². The fraction of sp³-hybridized carbons (Fsp3) is 0.417. The Balaban J connectivity index is 1.93. The van der Waals surface area contributed by atoms with Crippen LogP contribution in [0.25, 0.3) is 0 Å². The van der Waals surface area contributed by atoms with Gasteiger partial charge in [-0.05, 0) is 37.1 Å². The third-order valence-corrected chi connectivity index (χ3v) is 2.88. The Morgan fingerprint density at radius 1 is 1.33 bits per heavy atom. The van der Waals surface area contributed by atoms with Crippen LogP contribution in [0, 0.1) is 22.6 Å². The quantitative estimate of drug-likeness (QED) is 0.760. The first-order valence-electron chi connectivity index (χ1n) is 5.04. The molecule has 1 aliphatic carbocycles. The molecule has 0 aliphatic heterocycles. The normalized spacial score (nSPS) is 17.6. The van der Waals surface area contributed by atoms with Crippen LogP contribution in [0.5, 0.6) is 5.75 Å². The Morgan fingerprint density at radius 2 is 2.00 bits per heavy atom. The van der Waals surface area contributed by atoms with E-state index >= 15 is 0 Å². The SMILES string of the molecule is N#CC1(COc2ccc(F)cc2)CCC1. The van der Waals surface area contributed by atoms with Gasteiger partial charge in [0.15, 0.2) is 0 Å². The van der Waals surface area contributed by atoms with Gasteiger partial charge in [0.25, 0.3) is 0 Å². The Kier molecular flexibility index (Phi) is 2.59. The summed E-state index contributed by atoms with van der Waals surface area (Å²) >= 11 is 0. The molecule has 1 saturated carbocycles. The van der Waals surface area contributed by atoms with Gasteiger partial charge in [-0.2, -0.15) is 5.26 Å². The summed E-state index contributed by atoms with van der Waals surface area (Å²) in [6.45, 7) is 0.412. The third kappa shape index (κ3) is 2.10. The summed E-state index contributed by atoms with van der Waals surface area (Å²) in [7, 11) is 0. The van der Waals surface area contributed by atoms with Crippen molar-refractivity contribution < 1.29 is 9.13 Å². The minimum atomic E-state index is -0.297. The number of hydrogen-bond donors (Lipinski definition) is 0. The predicted octanol–water partition coefficient (Wildman–Crippen LogP) is 2.90. The number of ether oxygens (including phenoxy) is 1. The first kappa shape index (κ1) is 9.97. The Morgan fingerprint density at radius 3 is 2.47 bits per heavy atom. The van der Waals surface area contributed by atoms with Gasteiger partial charge in [-0.25, -0.2) is 4.39 Å². The smallest absolute Gasteiger partial charge is 0.123 e. The van der Waals surface area contributed by atoms with Crippen LogP contribution >= 0.6 is 0 Å². The molecule has 0 amide bonds. The monoisotopic (exact) mass is 205 g/mol. The maximum absolute atomic E-state index is 12.6. The fourth-order valence-corrected chi connectivity index (χ4v) is 1.64. The molecule has 0 atom stereocenters. The summed E-state index contributed by atoms with van der Waals surface area (Å²) in [5.74, 6) is 0.346. The third-order valence-electron chi connectivity index (χ3n) is 2.88. The molecule has 2 nitrogen and oxygen atoms in total. The summed E-state index contributed by atoms with van der Waals surface area (Å²) in [4.78, 5) is 0. The Bertz CT molecular complexity index is 376. The molecular formula is C12H12FNO. The first-order valence-corrected chi connectivity index (χ1v) is 5.04. The lowest BCUT2D eigenvalue weighted by Crippen LogP contribution is -2.34. The zero-order valence-corrected chi connectivity index (χ0v) is 8.37. The van der Waals surface area contributed by atoms with Crippen LogP contribution in [0.3, 0.4) is 0 Å². The van der Waals surface area contributed by atoms with Gasteiger partial charge < -0.3 is 4.74 Å². The highest BCUT2D eigenvalue weighted by atomic mass is 19.1. The van der Waals surface area contributed by atoms with E-state index in [4.69, 9.17) is 10.00 Å². The lowest BCUT2D eigenvalue weighted by atomic mass is 9.71. The molecule has 2 rings (SSSR count). The highest BCUT2D eigenvalue weighted by Gasteiger charge is 2.38. The van der Waals surface area contributed by atoms with Crippen LogP contribution in [0.1, 0.15) is 19.3 Å². The molecule has 3 heteroatoms. The van der Waals surface area contributed by atoms with Gasteiger partial charge in [-0.15, -0.1) is 0 Å². The van der Waals surface area contributed by atoms with Gasteiger partial charge in [0.2, 0.25) is 0 Å². The average molecular weight is 205 g/mol. The van der Waals surface area contributed by atoms with Crippen molar-refractivity contribution in [3.05, 3.63) is 30.1 Å². The van der Waals surface area contributed by atoms with Crippen LogP contribution in [-0.4, -0.2) is 6.61 Å².